The predicted octanol–water partition coefficient (Wildman–Crippen LogP) is 3.82. The Morgan fingerprint density at radius 1 is 0.955 bits per heavy atom. The highest BCUT2D eigenvalue weighted by molar-refractivity contribution is 5.76. The van der Waals surface area contributed by atoms with Gasteiger partial charge in [0.25, 0.3) is 0 Å². The molecule has 22 heavy (non-hydrogen) atoms. The number of carbonyl (C=O) groups excluding carboxylic acids is 1. The fourth-order valence-corrected chi connectivity index (χ4v) is 2.27. The summed E-state index contributed by atoms with van der Waals surface area (Å²) in [5.41, 5.74) is 3.54. The van der Waals surface area contributed by atoms with Crippen molar-refractivity contribution in [3.8, 4) is 0 Å². The van der Waals surface area contributed by atoms with Gasteiger partial charge in [0.2, 0.25) is 5.91 Å². The van der Waals surface area contributed by atoms with Gasteiger partial charge in [-0.3, -0.25) is 4.79 Å². The van der Waals surface area contributed by atoms with Crippen LogP contribution in [0.5, 0.6) is 0 Å². The zero-order chi connectivity index (χ0) is 15.8. The molecule has 0 fully saturated rings. The van der Waals surface area contributed by atoms with E-state index in [2.05, 4.69) is 36.5 Å². The van der Waals surface area contributed by atoms with Gasteiger partial charge >= 0.3 is 0 Å². The molecule has 2 nitrogen and oxygen atoms in total. The minimum absolute atomic E-state index is 0.0493. The van der Waals surface area contributed by atoms with Gasteiger partial charge in [-0.1, -0.05) is 42.0 Å². The summed E-state index contributed by atoms with van der Waals surface area (Å²) in [7, 11) is 0. The number of hydrogen-bond acceptors (Lipinski definition) is 1. The summed E-state index contributed by atoms with van der Waals surface area (Å²) in [5, 5.41) is 2.93. The van der Waals surface area contributed by atoms with Crippen molar-refractivity contribution in [3.05, 3.63) is 71.0 Å². The molecule has 0 bridgehead atoms. The first kappa shape index (κ1) is 16.2. The summed E-state index contributed by atoms with van der Waals surface area (Å²) in [6, 6.07) is 14.8. The molecule has 0 saturated carbocycles. The number of aryl methyl sites for hydroxylation is 3. The Bertz CT molecular complexity index is 590. The Labute approximate surface area is 131 Å². The van der Waals surface area contributed by atoms with Crippen LogP contribution in [0.3, 0.4) is 0 Å². The highest BCUT2D eigenvalue weighted by Crippen LogP contribution is 2.06. The largest absolute Gasteiger partial charge is 0.356 e. The van der Waals surface area contributed by atoms with Crippen LogP contribution in [0.15, 0.2) is 48.5 Å². The molecule has 2 aromatic rings. The van der Waals surface area contributed by atoms with E-state index in [-0.39, 0.29) is 11.7 Å². The average Bonchev–Trinajstić information content (AvgIpc) is 2.53. The molecular weight excluding hydrogens is 277 g/mol. The lowest BCUT2D eigenvalue weighted by Crippen LogP contribution is -2.24. The van der Waals surface area contributed by atoms with Crippen molar-refractivity contribution < 1.29 is 9.18 Å². The quantitative estimate of drug-likeness (QED) is 0.774. The molecule has 0 unspecified atom stereocenters. The normalized spacial score (nSPS) is 10.5. The highest BCUT2D eigenvalue weighted by Gasteiger charge is 2.02. The lowest BCUT2D eigenvalue weighted by Gasteiger charge is -2.06. The van der Waals surface area contributed by atoms with Crippen molar-refractivity contribution in [2.24, 2.45) is 0 Å². The van der Waals surface area contributed by atoms with Gasteiger partial charge in [0.05, 0.1) is 0 Å². The van der Waals surface area contributed by atoms with Crippen LogP contribution in [0, 0.1) is 12.7 Å². The van der Waals surface area contributed by atoms with Crippen LogP contribution in [0.1, 0.15) is 29.5 Å². The van der Waals surface area contributed by atoms with Crippen molar-refractivity contribution in [3.63, 3.8) is 0 Å². The molecule has 2 aromatic carbocycles. The van der Waals surface area contributed by atoms with E-state index in [1.165, 1.54) is 23.3 Å². The maximum atomic E-state index is 12.8. The van der Waals surface area contributed by atoms with Crippen molar-refractivity contribution in [1.82, 2.24) is 5.32 Å². The predicted molar refractivity (Wildman–Crippen MR) is 87.2 cm³/mol. The summed E-state index contributed by atoms with van der Waals surface area (Å²) in [5.74, 6) is -0.197. The topological polar surface area (TPSA) is 29.1 Å². The third-order valence-corrected chi connectivity index (χ3v) is 3.64. The minimum Gasteiger partial charge on any atom is -0.356 e. The Kier molecular flexibility index (Phi) is 6.13. The van der Waals surface area contributed by atoms with Gasteiger partial charge in [0, 0.05) is 13.0 Å². The molecule has 0 radical (unpaired) electrons. The van der Waals surface area contributed by atoms with Crippen LogP contribution in [-0.2, 0) is 17.6 Å². The maximum absolute atomic E-state index is 12.8. The Balaban J connectivity index is 1.61. The summed E-state index contributed by atoms with van der Waals surface area (Å²) >= 11 is 0. The molecule has 0 saturated heterocycles. The van der Waals surface area contributed by atoms with Gasteiger partial charge in [-0.05, 0) is 49.4 Å². The van der Waals surface area contributed by atoms with Gasteiger partial charge in [-0.15, -0.1) is 0 Å². The summed E-state index contributed by atoms with van der Waals surface area (Å²) in [6.07, 6.45) is 2.99. The average molecular weight is 299 g/mol. The van der Waals surface area contributed by atoms with E-state index in [0.717, 1.165) is 18.4 Å². The Hall–Kier alpha value is -2.16. The van der Waals surface area contributed by atoms with E-state index in [0.29, 0.717) is 19.4 Å². The number of hydrogen-bond donors (Lipinski definition) is 1. The van der Waals surface area contributed by atoms with Crippen molar-refractivity contribution in [1.29, 1.82) is 0 Å². The van der Waals surface area contributed by atoms with Gasteiger partial charge in [-0.25, -0.2) is 4.39 Å². The SMILES string of the molecule is Cc1ccc(CCCNC(=O)CCc2ccc(F)cc2)cc1. The fourth-order valence-electron chi connectivity index (χ4n) is 2.27. The van der Waals surface area contributed by atoms with E-state index in [4.69, 9.17) is 0 Å². The van der Waals surface area contributed by atoms with Gasteiger partial charge in [-0.2, -0.15) is 0 Å². The lowest BCUT2D eigenvalue weighted by molar-refractivity contribution is -0.121. The molecule has 3 heteroatoms. The molecule has 116 valence electrons. The van der Waals surface area contributed by atoms with Crippen molar-refractivity contribution in [2.75, 3.05) is 6.54 Å². The van der Waals surface area contributed by atoms with Crippen molar-refractivity contribution in [2.45, 2.75) is 32.6 Å². The van der Waals surface area contributed by atoms with Crippen molar-refractivity contribution >= 4 is 5.91 Å². The zero-order valence-electron chi connectivity index (χ0n) is 12.9. The Morgan fingerprint density at radius 2 is 1.55 bits per heavy atom. The number of rotatable bonds is 7. The monoisotopic (exact) mass is 299 g/mol. The fraction of sp³-hybridized carbons (Fsp3) is 0.316. The molecule has 0 aliphatic heterocycles. The number of nitrogens with one attached hydrogen (secondary N) is 1. The maximum Gasteiger partial charge on any atom is 0.220 e. The zero-order valence-corrected chi connectivity index (χ0v) is 12.9. The first-order valence-corrected chi connectivity index (χ1v) is 7.70. The molecular formula is C19H22FNO. The van der Waals surface area contributed by atoms with Crippen LogP contribution in [0.4, 0.5) is 4.39 Å². The molecule has 1 amide bonds. The molecule has 1 N–H and O–H groups in total. The standard InChI is InChI=1S/C19H22FNO/c1-15-4-6-16(7-5-15)3-2-14-21-19(22)13-10-17-8-11-18(20)12-9-17/h4-9,11-12H,2-3,10,13-14H2,1H3,(H,21,22). The molecule has 0 heterocycles. The number of carbonyl (C=O) groups is 1. The molecule has 0 spiro atoms. The van der Waals surface area contributed by atoms with Gasteiger partial charge < -0.3 is 5.32 Å². The highest BCUT2D eigenvalue weighted by atomic mass is 19.1. The second-order valence-electron chi connectivity index (χ2n) is 5.57. The van der Waals surface area contributed by atoms with Gasteiger partial charge in [0.15, 0.2) is 0 Å². The Morgan fingerprint density at radius 3 is 2.23 bits per heavy atom. The third kappa shape index (κ3) is 5.68. The van der Waals surface area contributed by atoms with Crippen LogP contribution in [0.25, 0.3) is 0 Å². The van der Waals surface area contributed by atoms with Gasteiger partial charge in [0.1, 0.15) is 5.82 Å². The molecule has 0 aliphatic rings. The van der Waals surface area contributed by atoms with Crippen LogP contribution in [0.2, 0.25) is 0 Å². The lowest BCUT2D eigenvalue weighted by atomic mass is 10.1. The summed E-state index contributed by atoms with van der Waals surface area (Å²) in [6.45, 7) is 2.77. The minimum atomic E-state index is -0.246. The number of halogens is 1. The molecule has 0 atom stereocenters. The first-order chi connectivity index (χ1) is 10.6. The molecule has 0 aliphatic carbocycles. The third-order valence-electron chi connectivity index (χ3n) is 3.64. The summed E-state index contributed by atoms with van der Waals surface area (Å²) in [4.78, 5) is 11.8. The van der Waals surface area contributed by atoms with Crippen LogP contribution >= 0.6 is 0 Å². The molecule has 0 aromatic heterocycles. The van der Waals surface area contributed by atoms with Crippen LogP contribution < -0.4 is 5.32 Å². The van der Waals surface area contributed by atoms with E-state index >= 15 is 0 Å². The number of amides is 1. The second kappa shape index (κ2) is 8.32. The van der Waals surface area contributed by atoms with E-state index in [1.807, 2.05) is 0 Å². The molecule has 2 rings (SSSR count). The van der Waals surface area contributed by atoms with Crippen LogP contribution in [-0.4, -0.2) is 12.5 Å². The van der Waals surface area contributed by atoms with E-state index < -0.39 is 0 Å². The van der Waals surface area contributed by atoms with E-state index in [9.17, 15) is 9.18 Å². The first-order valence-electron chi connectivity index (χ1n) is 7.70. The smallest absolute Gasteiger partial charge is 0.220 e. The van der Waals surface area contributed by atoms with E-state index in [1.54, 1.807) is 12.1 Å². The summed E-state index contributed by atoms with van der Waals surface area (Å²) < 4.78 is 12.8. The second-order valence-corrected chi connectivity index (χ2v) is 5.57. The number of benzene rings is 2.